The molecule has 1 atom stereocenters. The van der Waals surface area contributed by atoms with Gasteiger partial charge in [0.05, 0.1) is 7.11 Å². The molecule has 2 rings (SSSR count). The van der Waals surface area contributed by atoms with Gasteiger partial charge in [-0.1, -0.05) is 24.1 Å². The largest absolute Gasteiger partial charge is 0.493 e. The molecule has 0 fully saturated rings. The number of thiol groups is 1. The molecule has 27 heavy (non-hydrogen) atoms. The minimum atomic E-state index is -2.06. The second-order valence-electron chi connectivity index (χ2n) is 5.66. The van der Waals surface area contributed by atoms with Crippen LogP contribution in [0.4, 0.5) is 4.39 Å². The zero-order valence-electron chi connectivity index (χ0n) is 14.7. The molecule has 1 amide bonds. The maximum atomic E-state index is 13.0. The van der Waals surface area contributed by atoms with Crippen molar-refractivity contribution in [3.63, 3.8) is 0 Å². The molecular formula is C20H20FNO4S. The van der Waals surface area contributed by atoms with E-state index in [2.05, 4.69) is 23.9 Å². The van der Waals surface area contributed by atoms with Crippen LogP contribution in [0.3, 0.4) is 0 Å². The van der Waals surface area contributed by atoms with Crippen LogP contribution in [0.15, 0.2) is 42.5 Å². The maximum absolute atomic E-state index is 13.0. The summed E-state index contributed by atoms with van der Waals surface area (Å²) >= 11 is 4.01. The van der Waals surface area contributed by atoms with Gasteiger partial charge in [0.1, 0.15) is 12.4 Å². The molecule has 2 aromatic rings. The molecule has 1 unspecified atom stereocenters. The number of hydrogen-bond donors (Lipinski definition) is 3. The molecule has 2 N–H and O–H groups in total. The second kappa shape index (κ2) is 9.31. The van der Waals surface area contributed by atoms with E-state index in [4.69, 9.17) is 15.9 Å². The number of nitrogens with one attached hydrogen (secondary N) is 1. The number of amides is 1. The molecule has 0 saturated carbocycles. The number of ether oxygens (including phenoxy) is 2. The summed E-state index contributed by atoms with van der Waals surface area (Å²) < 4.78 is 23.6. The van der Waals surface area contributed by atoms with Crippen molar-refractivity contribution in [3.05, 3.63) is 59.4 Å². The lowest BCUT2D eigenvalue weighted by atomic mass is 10.1. The van der Waals surface area contributed by atoms with Crippen molar-refractivity contribution >= 4 is 18.5 Å². The first kappa shape index (κ1) is 20.6. The molecular weight excluding hydrogens is 369 g/mol. The first-order valence-corrected chi connectivity index (χ1v) is 8.55. The normalized spacial score (nSPS) is 12.6. The third kappa shape index (κ3) is 5.39. The van der Waals surface area contributed by atoms with Gasteiger partial charge >= 0.3 is 0 Å². The Hall–Kier alpha value is -2.69. The number of aliphatic hydroxyl groups is 1. The first-order valence-electron chi connectivity index (χ1n) is 8.10. The van der Waals surface area contributed by atoms with Crippen molar-refractivity contribution in [1.82, 2.24) is 5.32 Å². The molecule has 0 saturated heterocycles. The summed E-state index contributed by atoms with van der Waals surface area (Å²) in [5, 5.41) is 12.9. The van der Waals surface area contributed by atoms with E-state index in [0.29, 0.717) is 17.9 Å². The third-order valence-corrected chi connectivity index (χ3v) is 4.26. The highest BCUT2D eigenvalue weighted by Crippen LogP contribution is 2.28. The predicted octanol–water partition coefficient (Wildman–Crippen LogP) is 2.28. The van der Waals surface area contributed by atoms with Crippen LogP contribution in [-0.4, -0.2) is 31.3 Å². The second-order valence-corrected chi connectivity index (χ2v) is 6.31. The third-order valence-electron chi connectivity index (χ3n) is 3.80. The predicted molar refractivity (Wildman–Crippen MR) is 103 cm³/mol. The van der Waals surface area contributed by atoms with Gasteiger partial charge in [0.25, 0.3) is 5.91 Å². The zero-order chi connectivity index (χ0) is 19.9. The van der Waals surface area contributed by atoms with E-state index in [9.17, 15) is 14.3 Å². The van der Waals surface area contributed by atoms with Crippen molar-refractivity contribution in [2.75, 3.05) is 20.3 Å². The number of terminal acetylenes is 1. The van der Waals surface area contributed by atoms with Gasteiger partial charge in [0.15, 0.2) is 11.5 Å². The molecule has 2 aromatic carbocycles. The standard InChI is InChI=1S/C20H20FNO4S/c1-3-12-26-17-9-4-14(13-18(17)25-2)10-11-22-19(23)20(24,27)15-5-7-16(21)8-6-15/h1,4-9,13,24,27H,10-12H2,2H3,(H,22,23). The molecule has 0 aliphatic rings. The highest BCUT2D eigenvalue weighted by atomic mass is 32.1. The Balaban J connectivity index is 1.96. The molecule has 0 bridgehead atoms. The van der Waals surface area contributed by atoms with E-state index in [-0.39, 0.29) is 18.7 Å². The fourth-order valence-electron chi connectivity index (χ4n) is 2.36. The summed E-state index contributed by atoms with van der Waals surface area (Å²) in [6.07, 6.45) is 5.67. The Morgan fingerprint density at radius 2 is 2.00 bits per heavy atom. The van der Waals surface area contributed by atoms with Crippen molar-refractivity contribution in [2.45, 2.75) is 11.4 Å². The number of benzene rings is 2. The average Bonchev–Trinajstić information content (AvgIpc) is 2.67. The average molecular weight is 389 g/mol. The Bertz CT molecular complexity index is 831. The molecule has 5 nitrogen and oxygen atoms in total. The maximum Gasteiger partial charge on any atom is 0.267 e. The summed E-state index contributed by atoms with van der Waals surface area (Å²) in [4.78, 5) is 10.2. The summed E-state index contributed by atoms with van der Waals surface area (Å²) in [5.74, 6) is 2.29. The summed E-state index contributed by atoms with van der Waals surface area (Å²) in [6.45, 7) is 0.395. The van der Waals surface area contributed by atoms with Crippen LogP contribution in [-0.2, 0) is 16.1 Å². The summed E-state index contributed by atoms with van der Waals surface area (Å²) in [7, 11) is 1.52. The minimum absolute atomic E-state index is 0.135. The topological polar surface area (TPSA) is 67.8 Å². The van der Waals surface area contributed by atoms with Gasteiger partial charge in [-0.25, -0.2) is 4.39 Å². The van der Waals surface area contributed by atoms with E-state index in [1.807, 2.05) is 6.07 Å². The van der Waals surface area contributed by atoms with Crippen LogP contribution >= 0.6 is 12.6 Å². The Morgan fingerprint density at radius 1 is 1.30 bits per heavy atom. The van der Waals surface area contributed by atoms with E-state index >= 15 is 0 Å². The van der Waals surface area contributed by atoms with Crippen molar-refractivity contribution in [1.29, 1.82) is 0 Å². The number of rotatable bonds is 8. The van der Waals surface area contributed by atoms with Crippen molar-refractivity contribution in [2.24, 2.45) is 0 Å². The highest BCUT2D eigenvalue weighted by Gasteiger charge is 2.33. The Morgan fingerprint density at radius 3 is 2.63 bits per heavy atom. The lowest BCUT2D eigenvalue weighted by Crippen LogP contribution is -2.41. The molecule has 0 radical (unpaired) electrons. The minimum Gasteiger partial charge on any atom is -0.493 e. The first-order chi connectivity index (χ1) is 12.9. The van der Waals surface area contributed by atoms with Gasteiger partial charge in [-0.15, -0.1) is 19.1 Å². The van der Waals surface area contributed by atoms with Gasteiger partial charge in [0, 0.05) is 12.1 Å². The number of carbonyl (C=O) groups is 1. The summed E-state index contributed by atoms with van der Waals surface area (Å²) in [5.41, 5.74) is 1.08. The molecule has 7 heteroatoms. The SMILES string of the molecule is C#CCOc1ccc(CCNC(=O)C(O)(S)c2ccc(F)cc2)cc1OC. The lowest BCUT2D eigenvalue weighted by Gasteiger charge is -2.21. The smallest absolute Gasteiger partial charge is 0.267 e. The quantitative estimate of drug-likeness (QED) is 0.368. The fourth-order valence-corrected chi connectivity index (χ4v) is 2.59. The van der Waals surface area contributed by atoms with E-state index in [1.54, 1.807) is 12.1 Å². The van der Waals surface area contributed by atoms with E-state index in [0.717, 1.165) is 17.7 Å². The monoisotopic (exact) mass is 389 g/mol. The van der Waals surface area contributed by atoms with Crippen molar-refractivity contribution in [3.8, 4) is 23.8 Å². The van der Waals surface area contributed by atoms with Gasteiger partial charge in [0.2, 0.25) is 4.93 Å². The Kier molecular flexibility index (Phi) is 7.11. The highest BCUT2D eigenvalue weighted by molar-refractivity contribution is 7.82. The van der Waals surface area contributed by atoms with Crippen LogP contribution < -0.4 is 14.8 Å². The number of methoxy groups -OCH3 is 1. The molecule has 0 aliphatic carbocycles. The van der Waals surface area contributed by atoms with Crippen LogP contribution in [0.25, 0.3) is 0 Å². The van der Waals surface area contributed by atoms with Crippen LogP contribution in [0, 0.1) is 18.2 Å². The number of halogens is 1. The molecule has 0 aromatic heterocycles. The number of hydrogen-bond acceptors (Lipinski definition) is 5. The van der Waals surface area contributed by atoms with Gasteiger partial charge in [-0.3, -0.25) is 4.79 Å². The van der Waals surface area contributed by atoms with Gasteiger partial charge in [-0.05, 0) is 36.2 Å². The molecule has 0 aliphatic heterocycles. The fraction of sp³-hybridized carbons (Fsp3) is 0.250. The number of carbonyl (C=O) groups excluding carboxylic acids is 1. The van der Waals surface area contributed by atoms with Crippen LogP contribution in [0.1, 0.15) is 11.1 Å². The van der Waals surface area contributed by atoms with E-state index < -0.39 is 16.7 Å². The van der Waals surface area contributed by atoms with E-state index in [1.165, 1.54) is 19.2 Å². The van der Waals surface area contributed by atoms with Crippen molar-refractivity contribution < 1.29 is 23.8 Å². The van der Waals surface area contributed by atoms with Crippen LogP contribution in [0.5, 0.6) is 11.5 Å². The van der Waals surface area contributed by atoms with Gasteiger partial charge in [-0.2, -0.15) is 0 Å². The van der Waals surface area contributed by atoms with Crippen LogP contribution in [0.2, 0.25) is 0 Å². The molecule has 0 spiro atoms. The molecule has 142 valence electrons. The zero-order valence-corrected chi connectivity index (χ0v) is 15.6. The lowest BCUT2D eigenvalue weighted by molar-refractivity contribution is -0.132. The summed E-state index contributed by atoms with van der Waals surface area (Å²) in [6, 6.07) is 10.3. The molecule has 0 heterocycles. The Labute approximate surface area is 162 Å². The van der Waals surface area contributed by atoms with Gasteiger partial charge < -0.3 is 19.9 Å².